The molecule has 21 heavy (non-hydrogen) atoms. The summed E-state index contributed by atoms with van der Waals surface area (Å²) in [7, 11) is 0. The number of hydrogen-bond donors (Lipinski definition) is 1. The number of anilines is 1. The van der Waals surface area contributed by atoms with E-state index in [1.54, 1.807) is 0 Å². The summed E-state index contributed by atoms with van der Waals surface area (Å²) >= 11 is 5.92. The third-order valence-corrected chi connectivity index (χ3v) is 4.11. The summed E-state index contributed by atoms with van der Waals surface area (Å²) in [5.74, 6) is 0. The first-order valence-electron chi connectivity index (χ1n) is 7.10. The van der Waals surface area contributed by atoms with Crippen LogP contribution in [0.1, 0.15) is 16.2 Å². The van der Waals surface area contributed by atoms with Crippen molar-refractivity contribution in [2.24, 2.45) is 0 Å². The van der Waals surface area contributed by atoms with E-state index in [-0.39, 0.29) is 0 Å². The van der Waals surface area contributed by atoms with Crippen molar-refractivity contribution < 1.29 is 4.79 Å². The lowest BCUT2D eigenvalue weighted by Crippen LogP contribution is -2.46. The van der Waals surface area contributed by atoms with Crippen LogP contribution >= 0.6 is 11.6 Å². The quantitative estimate of drug-likeness (QED) is 0.883. The van der Waals surface area contributed by atoms with Crippen LogP contribution in [0.15, 0.2) is 36.4 Å². The number of benzene rings is 1. The zero-order chi connectivity index (χ0) is 14.7. The first-order valence-corrected chi connectivity index (χ1v) is 7.48. The van der Waals surface area contributed by atoms with Crippen LogP contribution < -0.4 is 4.90 Å². The highest BCUT2D eigenvalue weighted by molar-refractivity contribution is 6.30. The first-order chi connectivity index (χ1) is 10.2. The molecule has 1 aromatic heterocycles. The molecule has 0 saturated carbocycles. The number of nitrogens with one attached hydrogen (secondary N) is 1. The molecule has 1 aromatic carbocycles. The molecule has 0 amide bonds. The fourth-order valence-electron chi connectivity index (χ4n) is 2.68. The summed E-state index contributed by atoms with van der Waals surface area (Å²) in [4.78, 5) is 18.6. The van der Waals surface area contributed by atoms with Gasteiger partial charge >= 0.3 is 0 Å². The summed E-state index contributed by atoms with van der Waals surface area (Å²) in [6.45, 7) is 4.89. The van der Waals surface area contributed by atoms with Gasteiger partial charge in [-0.05, 0) is 36.4 Å². The fraction of sp³-hybridized carbons (Fsp3) is 0.312. The lowest BCUT2D eigenvalue weighted by atomic mass is 10.2. The summed E-state index contributed by atoms with van der Waals surface area (Å²) in [6.07, 6.45) is 0.849. The first kappa shape index (κ1) is 14.2. The number of nitrogens with zero attached hydrogens (tertiary/aromatic N) is 2. The standard InChI is InChI=1S/C16H18ClN3O/c17-13-1-5-16(6-2-13)20-9-7-19(8-10-20)11-14-3-4-15(12-21)18-14/h1-6,12,18H,7-11H2. The minimum Gasteiger partial charge on any atom is -0.369 e. The molecule has 0 spiro atoms. The smallest absolute Gasteiger partial charge is 0.166 e. The number of carbonyl (C=O) groups is 1. The number of H-pyrrole nitrogens is 1. The average molecular weight is 304 g/mol. The van der Waals surface area contributed by atoms with Gasteiger partial charge < -0.3 is 9.88 Å². The number of piperazine rings is 1. The van der Waals surface area contributed by atoms with Crippen molar-refractivity contribution in [1.29, 1.82) is 0 Å². The second-order valence-electron chi connectivity index (χ2n) is 5.30. The Morgan fingerprint density at radius 2 is 1.76 bits per heavy atom. The average Bonchev–Trinajstić information content (AvgIpc) is 2.97. The number of aromatic amines is 1. The van der Waals surface area contributed by atoms with Crippen LogP contribution in [0.5, 0.6) is 0 Å². The Hall–Kier alpha value is -1.78. The van der Waals surface area contributed by atoms with Crippen molar-refractivity contribution in [2.75, 3.05) is 31.1 Å². The largest absolute Gasteiger partial charge is 0.369 e. The SMILES string of the molecule is O=Cc1ccc(CN2CCN(c3ccc(Cl)cc3)CC2)[nH]1. The topological polar surface area (TPSA) is 39.3 Å². The van der Waals surface area contributed by atoms with E-state index >= 15 is 0 Å². The van der Waals surface area contributed by atoms with E-state index in [1.165, 1.54) is 5.69 Å². The Bertz CT molecular complexity index is 600. The van der Waals surface area contributed by atoms with Crippen molar-refractivity contribution in [3.05, 3.63) is 52.8 Å². The van der Waals surface area contributed by atoms with Crippen LogP contribution in [0, 0.1) is 0 Å². The van der Waals surface area contributed by atoms with Gasteiger partial charge in [0, 0.05) is 49.1 Å². The molecule has 1 aliphatic rings. The number of aldehydes is 1. The van der Waals surface area contributed by atoms with Gasteiger partial charge in [0.1, 0.15) is 0 Å². The fourth-order valence-corrected chi connectivity index (χ4v) is 2.80. The highest BCUT2D eigenvalue weighted by Gasteiger charge is 2.17. The monoisotopic (exact) mass is 303 g/mol. The summed E-state index contributed by atoms with van der Waals surface area (Å²) < 4.78 is 0. The maximum Gasteiger partial charge on any atom is 0.166 e. The minimum atomic E-state index is 0.643. The molecule has 0 radical (unpaired) electrons. The molecule has 1 N–H and O–H groups in total. The van der Waals surface area contributed by atoms with Gasteiger partial charge in [-0.2, -0.15) is 0 Å². The van der Waals surface area contributed by atoms with E-state index in [4.69, 9.17) is 11.6 Å². The molecule has 1 aliphatic heterocycles. The number of carbonyl (C=O) groups excluding carboxylic acids is 1. The maximum absolute atomic E-state index is 10.7. The zero-order valence-corrected chi connectivity index (χ0v) is 12.5. The molecule has 110 valence electrons. The van der Waals surface area contributed by atoms with E-state index < -0.39 is 0 Å². The second kappa shape index (κ2) is 6.33. The Morgan fingerprint density at radius 1 is 1.05 bits per heavy atom. The molecule has 0 unspecified atom stereocenters. The third-order valence-electron chi connectivity index (χ3n) is 3.85. The molecule has 0 aliphatic carbocycles. The number of halogens is 1. The van der Waals surface area contributed by atoms with Crippen LogP contribution in [0.4, 0.5) is 5.69 Å². The van der Waals surface area contributed by atoms with Gasteiger partial charge in [-0.1, -0.05) is 11.6 Å². The van der Waals surface area contributed by atoms with E-state index in [2.05, 4.69) is 26.9 Å². The van der Waals surface area contributed by atoms with E-state index in [0.717, 1.165) is 49.7 Å². The lowest BCUT2D eigenvalue weighted by molar-refractivity contribution is 0.111. The highest BCUT2D eigenvalue weighted by Crippen LogP contribution is 2.20. The zero-order valence-electron chi connectivity index (χ0n) is 11.8. The maximum atomic E-state index is 10.7. The summed E-state index contributed by atoms with van der Waals surface area (Å²) in [5, 5.41) is 0.773. The molecule has 4 nitrogen and oxygen atoms in total. The third kappa shape index (κ3) is 3.46. The number of hydrogen-bond acceptors (Lipinski definition) is 3. The van der Waals surface area contributed by atoms with Crippen LogP contribution in [0.3, 0.4) is 0 Å². The highest BCUT2D eigenvalue weighted by atomic mass is 35.5. The molecule has 2 aromatic rings. The molecule has 0 atom stereocenters. The van der Waals surface area contributed by atoms with Crippen molar-refractivity contribution in [1.82, 2.24) is 9.88 Å². The van der Waals surface area contributed by atoms with Gasteiger partial charge in [0.2, 0.25) is 0 Å². The van der Waals surface area contributed by atoms with Crippen LogP contribution in [0.25, 0.3) is 0 Å². The predicted molar refractivity (Wildman–Crippen MR) is 85.1 cm³/mol. The van der Waals surface area contributed by atoms with Gasteiger partial charge in [-0.25, -0.2) is 0 Å². The Balaban J connectivity index is 1.55. The van der Waals surface area contributed by atoms with E-state index in [1.807, 2.05) is 24.3 Å². The van der Waals surface area contributed by atoms with Crippen LogP contribution in [-0.2, 0) is 6.54 Å². The molecule has 5 heteroatoms. The molecule has 3 rings (SSSR count). The predicted octanol–water partition coefficient (Wildman–Crippen LogP) is 2.80. The molecule has 0 bridgehead atoms. The molecule has 1 saturated heterocycles. The summed E-state index contributed by atoms with van der Waals surface area (Å²) in [6, 6.07) is 11.8. The Labute approximate surface area is 129 Å². The van der Waals surface area contributed by atoms with Crippen LogP contribution in [0.2, 0.25) is 5.02 Å². The van der Waals surface area contributed by atoms with Gasteiger partial charge in [0.15, 0.2) is 6.29 Å². The minimum absolute atomic E-state index is 0.643. The second-order valence-corrected chi connectivity index (χ2v) is 5.73. The molecular formula is C16H18ClN3O. The van der Waals surface area contributed by atoms with Crippen molar-refractivity contribution in [3.63, 3.8) is 0 Å². The van der Waals surface area contributed by atoms with Gasteiger partial charge in [0.25, 0.3) is 0 Å². The lowest BCUT2D eigenvalue weighted by Gasteiger charge is -2.36. The van der Waals surface area contributed by atoms with Gasteiger partial charge in [-0.3, -0.25) is 9.69 Å². The Kier molecular flexibility index (Phi) is 4.27. The van der Waals surface area contributed by atoms with Crippen molar-refractivity contribution in [3.8, 4) is 0 Å². The van der Waals surface area contributed by atoms with Crippen molar-refractivity contribution >= 4 is 23.6 Å². The van der Waals surface area contributed by atoms with E-state index in [9.17, 15) is 4.79 Å². The van der Waals surface area contributed by atoms with Gasteiger partial charge in [-0.15, -0.1) is 0 Å². The molecular weight excluding hydrogens is 286 g/mol. The van der Waals surface area contributed by atoms with Crippen LogP contribution in [-0.4, -0.2) is 42.3 Å². The Morgan fingerprint density at radius 3 is 2.38 bits per heavy atom. The van der Waals surface area contributed by atoms with Crippen molar-refractivity contribution in [2.45, 2.75) is 6.54 Å². The van der Waals surface area contributed by atoms with E-state index in [0.29, 0.717) is 5.69 Å². The number of aromatic nitrogens is 1. The molecule has 2 heterocycles. The normalized spacial score (nSPS) is 16.1. The summed E-state index contributed by atoms with van der Waals surface area (Å²) in [5.41, 5.74) is 2.96. The van der Waals surface area contributed by atoms with Gasteiger partial charge in [0.05, 0.1) is 5.69 Å². The number of rotatable bonds is 4. The molecule has 1 fully saturated rings.